The SMILES string of the molecule is CC1(C)C=C(N2CCS/C2=N/C#N)c2cc(C(=O)O)ccc2O1. The number of amidine groups is 1. The van der Waals surface area contributed by atoms with Gasteiger partial charge in [0.05, 0.1) is 11.3 Å². The second-order valence-electron chi connectivity index (χ2n) is 5.75. The van der Waals surface area contributed by atoms with Crippen molar-refractivity contribution in [2.24, 2.45) is 4.99 Å². The summed E-state index contributed by atoms with van der Waals surface area (Å²) in [6, 6.07) is 4.81. The van der Waals surface area contributed by atoms with Crippen molar-refractivity contribution in [3.63, 3.8) is 0 Å². The first-order chi connectivity index (χ1) is 10.9. The van der Waals surface area contributed by atoms with E-state index in [9.17, 15) is 9.90 Å². The minimum absolute atomic E-state index is 0.198. The molecule has 0 aromatic heterocycles. The lowest BCUT2D eigenvalue weighted by molar-refractivity contribution is 0.0696. The smallest absolute Gasteiger partial charge is 0.335 e. The lowest BCUT2D eigenvalue weighted by atomic mass is 9.97. The maximum absolute atomic E-state index is 11.3. The fourth-order valence-electron chi connectivity index (χ4n) is 2.66. The molecule has 0 radical (unpaired) electrons. The largest absolute Gasteiger partial charge is 0.483 e. The van der Waals surface area contributed by atoms with Gasteiger partial charge in [-0.3, -0.25) is 0 Å². The molecule has 1 aromatic carbocycles. The minimum atomic E-state index is -0.987. The highest BCUT2D eigenvalue weighted by atomic mass is 32.2. The molecule has 0 bridgehead atoms. The van der Waals surface area contributed by atoms with E-state index in [0.29, 0.717) is 23.0 Å². The first kappa shape index (κ1) is 15.4. The van der Waals surface area contributed by atoms with Gasteiger partial charge in [-0.1, -0.05) is 11.8 Å². The van der Waals surface area contributed by atoms with E-state index in [2.05, 4.69) is 4.99 Å². The molecule has 0 unspecified atom stereocenters. The van der Waals surface area contributed by atoms with Gasteiger partial charge in [0.15, 0.2) is 5.17 Å². The van der Waals surface area contributed by atoms with Crippen LogP contribution in [0.2, 0.25) is 0 Å². The fraction of sp³-hybridized carbons (Fsp3) is 0.312. The van der Waals surface area contributed by atoms with Gasteiger partial charge in [-0.25, -0.2) is 4.79 Å². The summed E-state index contributed by atoms with van der Waals surface area (Å²) < 4.78 is 5.93. The number of aliphatic imine (C=N–C) groups is 1. The predicted octanol–water partition coefficient (Wildman–Crippen LogP) is 2.78. The van der Waals surface area contributed by atoms with Crippen molar-refractivity contribution in [3.05, 3.63) is 35.4 Å². The molecule has 1 saturated heterocycles. The van der Waals surface area contributed by atoms with Crippen molar-refractivity contribution < 1.29 is 14.6 Å². The molecule has 1 fully saturated rings. The number of carboxylic acids is 1. The second-order valence-corrected chi connectivity index (χ2v) is 6.81. The Kier molecular flexibility index (Phi) is 3.78. The Morgan fingerprint density at radius 1 is 1.52 bits per heavy atom. The molecule has 0 amide bonds. The number of nitrogens with zero attached hydrogens (tertiary/aromatic N) is 3. The van der Waals surface area contributed by atoms with E-state index in [-0.39, 0.29) is 5.56 Å². The molecule has 1 aromatic rings. The number of thioether (sulfide) groups is 1. The number of hydrogen-bond donors (Lipinski definition) is 1. The molecule has 0 aliphatic carbocycles. The molecular formula is C16H15N3O3S. The van der Waals surface area contributed by atoms with Gasteiger partial charge in [-0.05, 0) is 38.1 Å². The van der Waals surface area contributed by atoms with Crippen LogP contribution in [0.3, 0.4) is 0 Å². The number of aromatic carboxylic acids is 1. The molecule has 7 heteroatoms. The predicted molar refractivity (Wildman–Crippen MR) is 88.3 cm³/mol. The highest BCUT2D eigenvalue weighted by Crippen LogP contribution is 2.40. The maximum atomic E-state index is 11.3. The summed E-state index contributed by atoms with van der Waals surface area (Å²) in [5.74, 6) is 0.469. The summed E-state index contributed by atoms with van der Waals surface area (Å²) in [6.45, 7) is 4.58. The molecular weight excluding hydrogens is 314 g/mol. The van der Waals surface area contributed by atoms with E-state index in [4.69, 9.17) is 10.00 Å². The number of ether oxygens (including phenoxy) is 1. The fourth-order valence-corrected chi connectivity index (χ4v) is 3.56. The van der Waals surface area contributed by atoms with E-state index < -0.39 is 11.6 Å². The van der Waals surface area contributed by atoms with E-state index in [0.717, 1.165) is 11.4 Å². The Morgan fingerprint density at radius 2 is 2.30 bits per heavy atom. The summed E-state index contributed by atoms with van der Waals surface area (Å²) in [4.78, 5) is 17.1. The first-order valence-electron chi connectivity index (χ1n) is 7.08. The van der Waals surface area contributed by atoms with Crippen LogP contribution >= 0.6 is 11.8 Å². The molecule has 118 valence electrons. The van der Waals surface area contributed by atoms with Crippen molar-refractivity contribution in [1.29, 1.82) is 5.26 Å². The number of nitriles is 1. The number of rotatable bonds is 2. The average molecular weight is 329 g/mol. The third-order valence-corrected chi connectivity index (χ3v) is 4.53. The summed E-state index contributed by atoms with van der Waals surface area (Å²) >= 11 is 1.51. The van der Waals surface area contributed by atoms with Crippen LogP contribution in [-0.4, -0.2) is 39.0 Å². The number of benzene rings is 1. The topological polar surface area (TPSA) is 85.9 Å². The van der Waals surface area contributed by atoms with Crippen LogP contribution < -0.4 is 4.74 Å². The van der Waals surface area contributed by atoms with Gasteiger partial charge in [0, 0.05) is 17.9 Å². The molecule has 0 saturated carbocycles. The second kappa shape index (κ2) is 5.63. The van der Waals surface area contributed by atoms with Crippen LogP contribution in [0.15, 0.2) is 29.3 Å². The molecule has 0 atom stereocenters. The number of hydrogen-bond acceptors (Lipinski definition) is 5. The highest BCUT2D eigenvalue weighted by Gasteiger charge is 2.33. The number of fused-ring (bicyclic) bond motifs is 1. The molecule has 6 nitrogen and oxygen atoms in total. The van der Waals surface area contributed by atoms with Crippen molar-refractivity contribution in [3.8, 4) is 11.9 Å². The molecule has 23 heavy (non-hydrogen) atoms. The zero-order chi connectivity index (χ0) is 16.6. The standard InChI is InChI=1S/C16H15N3O3S/c1-16(2)8-12(19-5-6-23-15(19)18-9-17)11-7-10(14(20)21)3-4-13(11)22-16/h3-4,7-8H,5-6H2,1-2H3,(H,20,21)/b18-15+. The van der Waals surface area contributed by atoms with Crippen molar-refractivity contribution in [1.82, 2.24) is 4.90 Å². The van der Waals surface area contributed by atoms with Gasteiger partial charge in [0.1, 0.15) is 11.4 Å². The average Bonchev–Trinajstić information content (AvgIpc) is 2.93. The highest BCUT2D eigenvalue weighted by molar-refractivity contribution is 8.14. The summed E-state index contributed by atoms with van der Waals surface area (Å²) in [6.07, 6.45) is 3.77. The van der Waals surface area contributed by atoms with Crippen LogP contribution in [0, 0.1) is 11.5 Å². The molecule has 0 spiro atoms. The van der Waals surface area contributed by atoms with E-state index in [1.807, 2.05) is 31.0 Å². The Hall–Kier alpha value is -2.46. The molecule has 2 aliphatic rings. The van der Waals surface area contributed by atoms with Crippen molar-refractivity contribution in [2.45, 2.75) is 19.4 Å². The lowest BCUT2D eigenvalue weighted by Crippen LogP contribution is -2.34. The zero-order valence-electron chi connectivity index (χ0n) is 12.7. The monoisotopic (exact) mass is 329 g/mol. The molecule has 3 rings (SSSR count). The summed E-state index contributed by atoms with van der Waals surface area (Å²) in [5, 5.41) is 18.7. The van der Waals surface area contributed by atoms with E-state index in [1.165, 1.54) is 17.8 Å². The minimum Gasteiger partial charge on any atom is -0.483 e. The van der Waals surface area contributed by atoms with Gasteiger partial charge < -0.3 is 14.7 Å². The Labute approximate surface area is 138 Å². The van der Waals surface area contributed by atoms with Gasteiger partial charge in [0.25, 0.3) is 0 Å². The summed E-state index contributed by atoms with van der Waals surface area (Å²) in [5.41, 5.74) is 1.21. The van der Waals surface area contributed by atoms with E-state index in [1.54, 1.807) is 12.1 Å². The third kappa shape index (κ3) is 2.90. The first-order valence-corrected chi connectivity index (χ1v) is 8.06. The maximum Gasteiger partial charge on any atom is 0.335 e. The Morgan fingerprint density at radius 3 is 3.00 bits per heavy atom. The van der Waals surface area contributed by atoms with Crippen LogP contribution in [0.1, 0.15) is 29.8 Å². The van der Waals surface area contributed by atoms with E-state index >= 15 is 0 Å². The van der Waals surface area contributed by atoms with Crippen LogP contribution in [0.25, 0.3) is 5.70 Å². The lowest BCUT2D eigenvalue weighted by Gasteiger charge is -2.34. The van der Waals surface area contributed by atoms with Gasteiger partial charge in [-0.2, -0.15) is 5.26 Å². The third-order valence-electron chi connectivity index (χ3n) is 3.57. The molecule has 1 N–H and O–H groups in total. The Bertz CT molecular complexity index is 777. The van der Waals surface area contributed by atoms with Crippen molar-refractivity contribution in [2.75, 3.05) is 12.3 Å². The summed E-state index contributed by atoms with van der Waals surface area (Å²) in [7, 11) is 0. The van der Waals surface area contributed by atoms with Crippen LogP contribution in [-0.2, 0) is 0 Å². The van der Waals surface area contributed by atoms with Crippen LogP contribution in [0.5, 0.6) is 5.75 Å². The molecule has 2 heterocycles. The zero-order valence-corrected chi connectivity index (χ0v) is 13.6. The van der Waals surface area contributed by atoms with Crippen molar-refractivity contribution >= 4 is 28.6 Å². The van der Waals surface area contributed by atoms with Gasteiger partial charge in [-0.15, -0.1) is 4.99 Å². The Balaban J connectivity index is 2.13. The quantitative estimate of drug-likeness (QED) is 0.840. The number of carbonyl (C=O) groups is 1. The number of carboxylic acid groups (broad SMARTS) is 1. The van der Waals surface area contributed by atoms with Crippen LogP contribution in [0.4, 0.5) is 0 Å². The van der Waals surface area contributed by atoms with Gasteiger partial charge in [0.2, 0.25) is 6.19 Å². The normalized spacial score (nSPS) is 20.5. The molecule has 2 aliphatic heterocycles. The van der Waals surface area contributed by atoms with Gasteiger partial charge >= 0.3 is 5.97 Å².